The van der Waals surface area contributed by atoms with Gasteiger partial charge in [-0.15, -0.1) is 11.6 Å². The fourth-order valence-corrected chi connectivity index (χ4v) is 3.33. The Hall–Kier alpha value is -0.600. The van der Waals surface area contributed by atoms with Crippen molar-refractivity contribution in [3.8, 4) is 0 Å². The summed E-state index contributed by atoms with van der Waals surface area (Å²) in [4.78, 5) is 2.36. The van der Waals surface area contributed by atoms with E-state index in [9.17, 15) is 4.39 Å². The monoisotopic (exact) mass is 283 g/mol. The molecule has 1 saturated heterocycles. The minimum absolute atomic E-state index is 0.0699. The van der Waals surface area contributed by atoms with Gasteiger partial charge in [0, 0.05) is 24.0 Å². The Morgan fingerprint density at radius 3 is 2.74 bits per heavy atom. The topological polar surface area (TPSA) is 3.24 Å². The molecule has 0 radical (unpaired) electrons. The van der Waals surface area contributed by atoms with Gasteiger partial charge in [-0.2, -0.15) is 0 Å². The second-order valence-corrected chi connectivity index (χ2v) is 6.13. The second-order valence-electron chi connectivity index (χ2n) is 5.75. The van der Waals surface area contributed by atoms with Crippen LogP contribution in [0.25, 0.3) is 0 Å². The highest BCUT2D eigenvalue weighted by Crippen LogP contribution is 2.38. The van der Waals surface area contributed by atoms with E-state index in [1.165, 1.54) is 5.56 Å². The summed E-state index contributed by atoms with van der Waals surface area (Å²) in [5, 5.41) is 0. The van der Waals surface area contributed by atoms with Gasteiger partial charge < -0.3 is 0 Å². The number of benzene rings is 1. The van der Waals surface area contributed by atoms with Crippen molar-refractivity contribution in [2.24, 2.45) is 0 Å². The van der Waals surface area contributed by atoms with E-state index in [1.54, 1.807) is 0 Å². The molecule has 1 aliphatic heterocycles. The molecule has 0 N–H and O–H groups in total. The maximum atomic E-state index is 13.2. The van der Waals surface area contributed by atoms with Gasteiger partial charge in [-0.05, 0) is 38.2 Å². The summed E-state index contributed by atoms with van der Waals surface area (Å²) >= 11 is 5.83. The first-order chi connectivity index (χ1) is 9.19. The highest BCUT2D eigenvalue weighted by atomic mass is 35.5. The van der Waals surface area contributed by atoms with Crippen molar-refractivity contribution in [3.05, 3.63) is 35.9 Å². The first kappa shape index (κ1) is 14.8. The molecule has 3 heteroatoms. The zero-order chi connectivity index (χ0) is 13.7. The van der Waals surface area contributed by atoms with E-state index in [4.69, 9.17) is 11.6 Å². The van der Waals surface area contributed by atoms with Crippen LogP contribution in [-0.2, 0) is 6.54 Å². The highest BCUT2D eigenvalue weighted by Gasteiger charge is 2.41. The van der Waals surface area contributed by atoms with Gasteiger partial charge in [-0.3, -0.25) is 4.90 Å². The number of halogens is 2. The molecule has 19 heavy (non-hydrogen) atoms. The maximum Gasteiger partial charge on any atom is 0.105 e. The minimum atomic E-state index is -0.247. The third-order valence-corrected chi connectivity index (χ3v) is 4.64. The summed E-state index contributed by atoms with van der Waals surface area (Å²) < 4.78 is 13.2. The Labute approximate surface area is 120 Å². The molecule has 0 aliphatic carbocycles. The molecule has 0 spiro atoms. The van der Waals surface area contributed by atoms with Crippen LogP contribution in [0.1, 0.15) is 38.2 Å². The Kier molecular flexibility index (Phi) is 5.23. The summed E-state index contributed by atoms with van der Waals surface area (Å²) in [5.74, 6) is 0.690. The molecular formula is C16H23ClFN. The molecule has 1 aromatic rings. The Balaban J connectivity index is 2.11. The molecule has 1 aromatic carbocycles. The van der Waals surface area contributed by atoms with Crippen LogP contribution < -0.4 is 0 Å². The minimum Gasteiger partial charge on any atom is -0.288 e. The third kappa shape index (κ3) is 3.49. The van der Waals surface area contributed by atoms with Crippen LogP contribution in [0.15, 0.2) is 30.3 Å². The zero-order valence-electron chi connectivity index (χ0n) is 11.6. The van der Waals surface area contributed by atoms with E-state index >= 15 is 0 Å². The standard InChI is InChI=1S/C16H23ClFN/c1-16(9-5-11-17)10-8-15(12-18)19(16)13-14-6-3-2-4-7-14/h2-4,6-7,15H,5,8-13H2,1H3. The normalized spacial score (nSPS) is 27.8. The molecule has 0 aromatic heterocycles. The van der Waals surface area contributed by atoms with E-state index in [2.05, 4.69) is 24.0 Å². The number of alkyl halides is 2. The lowest BCUT2D eigenvalue weighted by Gasteiger charge is -2.38. The van der Waals surface area contributed by atoms with Crippen LogP contribution in [0.3, 0.4) is 0 Å². The SMILES string of the molecule is CC1(CCCCl)CCC(CF)N1Cc1ccccc1. The van der Waals surface area contributed by atoms with Crippen molar-refractivity contribution in [1.29, 1.82) is 0 Å². The van der Waals surface area contributed by atoms with Crippen molar-refractivity contribution in [1.82, 2.24) is 4.90 Å². The Bertz CT molecular complexity index is 384. The lowest BCUT2D eigenvalue weighted by Crippen LogP contribution is -2.45. The van der Waals surface area contributed by atoms with Crippen molar-refractivity contribution >= 4 is 11.6 Å². The van der Waals surface area contributed by atoms with Gasteiger partial charge in [0.05, 0.1) is 0 Å². The first-order valence-corrected chi connectivity index (χ1v) is 7.65. The second kappa shape index (κ2) is 6.71. The average Bonchev–Trinajstić information content (AvgIpc) is 2.75. The van der Waals surface area contributed by atoms with E-state index in [-0.39, 0.29) is 18.3 Å². The van der Waals surface area contributed by atoms with Gasteiger partial charge >= 0.3 is 0 Å². The highest BCUT2D eigenvalue weighted by molar-refractivity contribution is 6.17. The van der Waals surface area contributed by atoms with Crippen LogP contribution in [0.2, 0.25) is 0 Å². The number of likely N-dealkylation sites (tertiary alicyclic amines) is 1. The summed E-state index contributed by atoms with van der Waals surface area (Å²) in [6.07, 6.45) is 4.09. The largest absolute Gasteiger partial charge is 0.288 e. The molecule has 0 saturated carbocycles. The van der Waals surface area contributed by atoms with Gasteiger partial charge in [-0.1, -0.05) is 30.3 Å². The van der Waals surface area contributed by atoms with Gasteiger partial charge in [0.1, 0.15) is 6.67 Å². The fourth-order valence-electron chi connectivity index (χ4n) is 3.19. The maximum absolute atomic E-state index is 13.2. The predicted octanol–water partition coefficient (Wildman–Crippen LogP) is 4.40. The lowest BCUT2D eigenvalue weighted by atomic mass is 9.93. The van der Waals surface area contributed by atoms with Gasteiger partial charge in [0.25, 0.3) is 0 Å². The van der Waals surface area contributed by atoms with Crippen LogP contribution in [0.4, 0.5) is 4.39 Å². The van der Waals surface area contributed by atoms with Gasteiger partial charge in [0.15, 0.2) is 0 Å². The van der Waals surface area contributed by atoms with Crippen LogP contribution >= 0.6 is 11.6 Å². The molecule has 2 atom stereocenters. The fraction of sp³-hybridized carbons (Fsp3) is 0.625. The lowest BCUT2D eigenvalue weighted by molar-refractivity contribution is 0.0837. The molecule has 2 rings (SSSR count). The first-order valence-electron chi connectivity index (χ1n) is 7.12. The summed E-state index contributed by atoms with van der Waals surface area (Å²) in [6.45, 7) is 2.86. The van der Waals surface area contributed by atoms with Crippen molar-refractivity contribution in [3.63, 3.8) is 0 Å². The Morgan fingerprint density at radius 1 is 1.37 bits per heavy atom. The molecule has 1 heterocycles. The van der Waals surface area contributed by atoms with E-state index < -0.39 is 0 Å². The number of nitrogens with zero attached hydrogens (tertiary/aromatic N) is 1. The molecule has 1 fully saturated rings. The zero-order valence-corrected chi connectivity index (χ0v) is 12.4. The molecule has 2 unspecified atom stereocenters. The van der Waals surface area contributed by atoms with Crippen LogP contribution in [-0.4, -0.2) is 29.0 Å². The molecule has 106 valence electrons. The molecule has 1 nitrogen and oxygen atoms in total. The summed E-state index contributed by atoms with van der Waals surface area (Å²) in [5.41, 5.74) is 1.36. The van der Waals surface area contributed by atoms with Gasteiger partial charge in [-0.25, -0.2) is 4.39 Å². The third-order valence-electron chi connectivity index (χ3n) is 4.37. The van der Waals surface area contributed by atoms with Crippen molar-refractivity contribution in [2.45, 2.75) is 50.7 Å². The number of rotatable bonds is 6. The predicted molar refractivity (Wildman–Crippen MR) is 79.3 cm³/mol. The Morgan fingerprint density at radius 2 is 2.11 bits per heavy atom. The van der Waals surface area contributed by atoms with Crippen LogP contribution in [0.5, 0.6) is 0 Å². The molecule has 1 aliphatic rings. The van der Waals surface area contributed by atoms with Crippen LogP contribution in [0, 0.1) is 0 Å². The van der Waals surface area contributed by atoms with E-state index in [0.717, 1.165) is 32.2 Å². The van der Waals surface area contributed by atoms with E-state index in [1.807, 2.05) is 18.2 Å². The number of hydrogen-bond acceptors (Lipinski definition) is 1. The molecular weight excluding hydrogens is 261 g/mol. The van der Waals surface area contributed by atoms with E-state index in [0.29, 0.717) is 5.88 Å². The van der Waals surface area contributed by atoms with Crippen molar-refractivity contribution in [2.75, 3.05) is 12.6 Å². The average molecular weight is 284 g/mol. The smallest absolute Gasteiger partial charge is 0.105 e. The quantitative estimate of drug-likeness (QED) is 0.700. The molecule has 0 bridgehead atoms. The van der Waals surface area contributed by atoms with Crippen molar-refractivity contribution < 1.29 is 4.39 Å². The summed E-state index contributed by atoms with van der Waals surface area (Å²) in [7, 11) is 0. The summed E-state index contributed by atoms with van der Waals surface area (Å²) in [6, 6.07) is 10.4. The number of hydrogen-bond donors (Lipinski definition) is 0. The molecule has 0 amide bonds. The van der Waals surface area contributed by atoms with Gasteiger partial charge in [0.2, 0.25) is 0 Å².